The number of ether oxygens (including phenoxy) is 1. The van der Waals surface area contributed by atoms with E-state index in [1.807, 2.05) is 6.92 Å². The lowest BCUT2D eigenvalue weighted by atomic mass is 10.2. The highest BCUT2D eigenvalue weighted by molar-refractivity contribution is 5.88. The molecule has 90 valence electrons. The van der Waals surface area contributed by atoms with E-state index in [4.69, 9.17) is 6.42 Å². The van der Waals surface area contributed by atoms with Crippen molar-refractivity contribution in [1.29, 1.82) is 0 Å². The average molecular weight is 232 g/mol. The van der Waals surface area contributed by atoms with E-state index >= 15 is 0 Å². The fourth-order valence-electron chi connectivity index (χ4n) is 1.32. The second-order valence-electron chi connectivity index (χ2n) is 3.54. The van der Waals surface area contributed by atoms with Crippen LogP contribution in [0.25, 0.3) is 0 Å². The molecule has 1 aromatic heterocycles. The van der Waals surface area contributed by atoms with Crippen LogP contribution in [-0.4, -0.2) is 24.1 Å². The molecule has 0 radical (unpaired) electrons. The Balaban J connectivity index is 2.57. The SMILES string of the molecule is C#CC(CC)NCc1ccc(C(=O)OC)cn1. The Labute approximate surface area is 101 Å². The zero-order chi connectivity index (χ0) is 12.7. The number of carbonyl (C=O) groups is 1. The van der Waals surface area contributed by atoms with E-state index in [2.05, 4.69) is 21.0 Å². The normalized spacial score (nSPS) is 11.6. The lowest BCUT2D eigenvalue weighted by Crippen LogP contribution is -2.26. The molecular weight excluding hydrogens is 216 g/mol. The van der Waals surface area contributed by atoms with Crippen LogP contribution in [0.5, 0.6) is 0 Å². The van der Waals surface area contributed by atoms with Gasteiger partial charge in [0.25, 0.3) is 0 Å². The summed E-state index contributed by atoms with van der Waals surface area (Å²) >= 11 is 0. The lowest BCUT2D eigenvalue weighted by molar-refractivity contribution is 0.0600. The summed E-state index contributed by atoms with van der Waals surface area (Å²) in [6.45, 7) is 2.61. The molecule has 1 unspecified atom stereocenters. The van der Waals surface area contributed by atoms with Crippen LogP contribution in [0.4, 0.5) is 0 Å². The molecule has 17 heavy (non-hydrogen) atoms. The predicted molar refractivity (Wildman–Crippen MR) is 65.3 cm³/mol. The van der Waals surface area contributed by atoms with Crippen molar-refractivity contribution >= 4 is 5.97 Å². The van der Waals surface area contributed by atoms with Gasteiger partial charge in [0, 0.05) is 12.7 Å². The second kappa shape index (κ2) is 6.66. The number of pyridine rings is 1. The number of methoxy groups -OCH3 is 1. The van der Waals surface area contributed by atoms with E-state index in [9.17, 15) is 4.79 Å². The van der Waals surface area contributed by atoms with Crippen molar-refractivity contribution in [3.8, 4) is 12.3 Å². The first-order valence-corrected chi connectivity index (χ1v) is 5.44. The topological polar surface area (TPSA) is 51.2 Å². The first kappa shape index (κ1) is 13.2. The number of terminal acetylenes is 1. The lowest BCUT2D eigenvalue weighted by Gasteiger charge is -2.09. The molecule has 1 rings (SSSR count). The van der Waals surface area contributed by atoms with Crippen molar-refractivity contribution in [3.05, 3.63) is 29.6 Å². The summed E-state index contributed by atoms with van der Waals surface area (Å²) in [6, 6.07) is 3.52. The van der Waals surface area contributed by atoms with E-state index in [0.29, 0.717) is 12.1 Å². The number of hydrogen-bond acceptors (Lipinski definition) is 4. The van der Waals surface area contributed by atoms with E-state index in [0.717, 1.165) is 12.1 Å². The molecule has 0 bridgehead atoms. The molecule has 0 aromatic carbocycles. The monoisotopic (exact) mass is 232 g/mol. The molecule has 0 amide bonds. The van der Waals surface area contributed by atoms with Gasteiger partial charge in [0.1, 0.15) is 0 Å². The third-order valence-corrected chi connectivity index (χ3v) is 2.38. The molecule has 0 saturated carbocycles. The number of nitrogens with one attached hydrogen (secondary N) is 1. The van der Waals surface area contributed by atoms with Gasteiger partial charge in [-0.3, -0.25) is 10.3 Å². The fourth-order valence-corrected chi connectivity index (χ4v) is 1.32. The molecule has 0 saturated heterocycles. The summed E-state index contributed by atoms with van der Waals surface area (Å²) in [5.41, 5.74) is 1.28. The first-order valence-electron chi connectivity index (χ1n) is 5.44. The minimum Gasteiger partial charge on any atom is -0.465 e. The first-order chi connectivity index (χ1) is 8.21. The van der Waals surface area contributed by atoms with E-state index in [-0.39, 0.29) is 12.0 Å². The van der Waals surface area contributed by atoms with Crippen LogP contribution >= 0.6 is 0 Å². The molecule has 1 N–H and O–H groups in total. The third kappa shape index (κ3) is 3.89. The Morgan fingerprint density at radius 2 is 2.41 bits per heavy atom. The summed E-state index contributed by atoms with van der Waals surface area (Å²) in [7, 11) is 1.34. The van der Waals surface area contributed by atoms with Crippen molar-refractivity contribution < 1.29 is 9.53 Å². The Bertz CT molecular complexity index is 406. The van der Waals surface area contributed by atoms with Gasteiger partial charge in [0.15, 0.2) is 0 Å². The Kier molecular flexibility index (Phi) is 5.18. The van der Waals surface area contributed by atoms with Crippen LogP contribution in [0.15, 0.2) is 18.3 Å². The Morgan fingerprint density at radius 3 is 2.88 bits per heavy atom. The molecule has 1 atom stereocenters. The van der Waals surface area contributed by atoms with Gasteiger partial charge >= 0.3 is 5.97 Å². The van der Waals surface area contributed by atoms with Crippen molar-refractivity contribution in [3.63, 3.8) is 0 Å². The summed E-state index contributed by atoms with van der Waals surface area (Å²) in [5, 5.41) is 3.18. The van der Waals surface area contributed by atoms with Crippen molar-refractivity contribution in [1.82, 2.24) is 10.3 Å². The van der Waals surface area contributed by atoms with Gasteiger partial charge in [-0.1, -0.05) is 12.8 Å². The van der Waals surface area contributed by atoms with Gasteiger partial charge in [0.05, 0.1) is 24.4 Å². The molecule has 0 aliphatic carbocycles. The molecule has 0 spiro atoms. The molecule has 1 heterocycles. The highest BCUT2D eigenvalue weighted by Crippen LogP contribution is 2.02. The number of rotatable bonds is 5. The molecular formula is C13H16N2O2. The number of hydrogen-bond donors (Lipinski definition) is 1. The maximum absolute atomic E-state index is 11.2. The van der Waals surface area contributed by atoms with Gasteiger partial charge in [-0.15, -0.1) is 6.42 Å². The standard InChI is InChI=1S/C13H16N2O2/c1-4-11(5-2)15-9-12-7-6-10(8-14-12)13(16)17-3/h1,6-8,11,15H,5,9H2,2-3H3. The molecule has 4 nitrogen and oxygen atoms in total. The highest BCUT2D eigenvalue weighted by Gasteiger charge is 2.06. The second-order valence-corrected chi connectivity index (χ2v) is 3.54. The van der Waals surface area contributed by atoms with Gasteiger partial charge < -0.3 is 4.74 Å². The molecule has 1 aromatic rings. The van der Waals surface area contributed by atoms with Crippen LogP contribution in [0.1, 0.15) is 29.4 Å². The third-order valence-electron chi connectivity index (χ3n) is 2.38. The quantitative estimate of drug-likeness (QED) is 0.615. The smallest absolute Gasteiger partial charge is 0.339 e. The van der Waals surface area contributed by atoms with Gasteiger partial charge in [-0.2, -0.15) is 0 Å². The number of aromatic nitrogens is 1. The van der Waals surface area contributed by atoms with E-state index in [1.54, 1.807) is 12.1 Å². The van der Waals surface area contributed by atoms with Crippen LogP contribution in [0.2, 0.25) is 0 Å². The van der Waals surface area contributed by atoms with Crippen LogP contribution in [-0.2, 0) is 11.3 Å². The van der Waals surface area contributed by atoms with E-state index in [1.165, 1.54) is 13.3 Å². The predicted octanol–water partition coefficient (Wildman–Crippen LogP) is 1.37. The van der Waals surface area contributed by atoms with Crippen LogP contribution in [0.3, 0.4) is 0 Å². The Morgan fingerprint density at radius 1 is 1.65 bits per heavy atom. The molecule has 4 heteroatoms. The van der Waals surface area contributed by atoms with Gasteiger partial charge in [0.2, 0.25) is 0 Å². The van der Waals surface area contributed by atoms with Crippen molar-refractivity contribution in [2.24, 2.45) is 0 Å². The Hall–Kier alpha value is -1.86. The number of esters is 1. The minimum absolute atomic E-state index is 0.0529. The maximum Gasteiger partial charge on any atom is 0.339 e. The minimum atomic E-state index is -0.382. The molecule has 0 aliphatic heterocycles. The van der Waals surface area contributed by atoms with Crippen LogP contribution in [0, 0.1) is 12.3 Å². The van der Waals surface area contributed by atoms with Crippen LogP contribution < -0.4 is 5.32 Å². The summed E-state index contributed by atoms with van der Waals surface area (Å²) in [5.74, 6) is 2.27. The van der Waals surface area contributed by atoms with Crippen molar-refractivity contribution in [2.45, 2.75) is 25.9 Å². The zero-order valence-electron chi connectivity index (χ0n) is 10.1. The van der Waals surface area contributed by atoms with E-state index < -0.39 is 0 Å². The number of nitrogens with zero attached hydrogens (tertiary/aromatic N) is 1. The summed E-state index contributed by atoms with van der Waals surface area (Å²) < 4.78 is 4.59. The van der Waals surface area contributed by atoms with Crippen molar-refractivity contribution in [2.75, 3.05) is 7.11 Å². The molecule has 0 aliphatic rings. The zero-order valence-corrected chi connectivity index (χ0v) is 10.1. The highest BCUT2D eigenvalue weighted by atomic mass is 16.5. The summed E-state index contributed by atoms with van der Waals surface area (Å²) in [4.78, 5) is 15.3. The molecule has 0 fully saturated rings. The van der Waals surface area contributed by atoms with Gasteiger partial charge in [-0.25, -0.2) is 4.79 Å². The number of carbonyl (C=O) groups excluding carboxylic acids is 1. The maximum atomic E-state index is 11.2. The fraction of sp³-hybridized carbons (Fsp3) is 0.385. The average Bonchev–Trinajstić information content (AvgIpc) is 2.39. The largest absolute Gasteiger partial charge is 0.465 e. The van der Waals surface area contributed by atoms with Gasteiger partial charge in [-0.05, 0) is 18.6 Å². The summed E-state index contributed by atoms with van der Waals surface area (Å²) in [6.07, 6.45) is 7.71.